The zero-order valence-corrected chi connectivity index (χ0v) is 11.5. The van der Waals surface area contributed by atoms with Gasteiger partial charge in [0.05, 0.1) is 24.8 Å². The minimum Gasteiger partial charge on any atom is -0.495 e. The van der Waals surface area contributed by atoms with E-state index in [0.29, 0.717) is 30.1 Å². The molecule has 1 aromatic carbocycles. The fourth-order valence-corrected chi connectivity index (χ4v) is 1.78. The van der Waals surface area contributed by atoms with Crippen molar-refractivity contribution in [2.24, 2.45) is 5.92 Å². The normalized spacial score (nSPS) is 11.5. The highest BCUT2D eigenvalue weighted by atomic mass is 16.5. The van der Waals surface area contributed by atoms with E-state index < -0.39 is 0 Å². The maximum atomic E-state index is 12.3. The van der Waals surface area contributed by atoms with E-state index in [1.54, 1.807) is 30.0 Å². The van der Waals surface area contributed by atoms with Crippen molar-refractivity contribution >= 4 is 11.6 Å². The van der Waals surface area contributed by atoms with E-state index in [1.165, 1.54) is 7.11 Å². The molecule has 0 aliphatic carbocycles. The number of nitriles is 1. The van der Waals surface area contributed by atoms with Crippen molar-refractivity contribution in [1.29, 1.82) is 5.26 Å². The highest BCUT2D eigenvalue weighted by Crippen LogP contribution is 2.22. The van der Waals surface area contributed by atoms with Crippen LogP contribution in [-0.4, -0.2) is 31.0 Å². The van der Waals surface area contributed by atoms with Gasteiger partial charge in [-0.2, -0.15) is 5.26 Å². The lowest BCUT2D eigenvalue weighted by molar-refractivity contribution is 0.0752. The Labute approximate surface area is 113 Å². The van der Waals surface area contributed by atoms with Crippen LogP contribution in [0.1, 0.15) is 24.2 Å². The second-order valence-electron chi connectivity index (χ2n) is 4.33. The summed E-state index contributed by atoms with van der Waals surface area (Å²) in [5.74, 6) is 0.225. The van der Waals surface area contributed by atoms with Crippen molar-refractivity contribution in [3.63, 3.8) is 0 Å². The molecule has 2 N–H and O–H groups in total. The van der Waals surface area contributed by atoms with Gasteiger partial charge in [-0.1, -0.05) is 0 Å². The molecule has 0 saturated heterocycles. The standard InChI is InChI=1S/C14H19N3O2/c1-4-17(9-10(2)8-15)14(18)11-5-6-13(19-3)12(16)7-11/h5-7,10H,4,9,16H2,1-3H3. The Bertz CT molecular complexity index is 494. The van der Waals surface area contributed by atoms with Gasteiger partial charge < -0.3 is 15.4 Å². The highest BCUT2D eigenvalue weighted by Gasteiger charge is 2.17. The fraction of sp³-hybridized carbons (Fsp3) is 0.429. The van der Waals surface area contributed by atoms with Gasteiger partial charge >= 0.3 is 0 Å². The number of hydrogen-bond acceptors (Lipinski definition) is 4. The molecule has 19 heavy (non-hydrogen) atoms. The summed E-state index contributed by atoms with van der Waals surface area (Å²) < 4.78 is 5.06. The first-order chi connectivity index (χ1) is 9.03. The maximum Gasteiger partial charge on any atom is 0.253 e. The van der Waals surface area contributed by atoms with Crippen LogP contribution in [0, 0.1) is 17.2 Å². The van der Waals surface area contributed by atoms with Gasteiger partial charge in [-0.25, -0.2) is 0 Å². The van der Waals surface area contributed by atoms with E-state index in [4.69, 9.17) is 15.7 Å². The molecule has 102 valence electrons. The zero-order chi connectivity index (χ0) is 14.4. The Kier molecular flexibility index (Phi) is 5.19. The van der Waals surface area contributed by atoms with Crippen LogP contribution in [0.3, 0.4) is 0 Å². The van der Waals surface area contributed by atoms with E-state index in [0.717, 1.165) is 0 Å². The molecule has 0 aliphatic heterocycles. The molecule has 0 fully saturated rings. The van der Waals surface area contributed by atoms with Crippen LogP contribution >= 0.6 is 0 Å². The third-order valence-corrected chi connectivity index (χ3v) is 2.86. The third kappa shape index (κ3) is 3.62. The number of methoxy groups -OCH3 is 1. The maximum absolute atomic E-state index is 12.3. The first kappa shape index (κ1) is 14.8. The number of ether oxygens (including phenoxy) is 1. The first-order valence-electron chi connectivity index (χ1n) is 6.15. The molecule has 0 aliphatic rings. The summed E-state index contributed by atoms with van der Waals surface area (Å²) in [4.78, 5) is 13.9. The predicted octanol–water partition coefficient (Wildman–Crippen LogP) is 1.90. The monoisotopic (exact) mass is 261 g/mol. The van der Waals surface area contributed by atoms with Gasteiger partial charge in [-0.3, -0.25) is 4.79 Å². The molecule has 1 rings (SSSR count). The number of nitrogens with two attached hydrogens (primary N) is 1. The highest BCUT2D eigenvalue weighted by molar-refractivity contribution is 5.95. The average Bonchev–Trinajstić information content (AvgIpc) is 2.43. The molecule has 1 atom stereocenters. The molecule has 5 nitrogen and oxygen atoms in total. The first-order valence-corrected chi connectivity index (χ1v) is 6.15. The van der Waals surface area contributed by atoms with Gasteiger partial charge in [-0.15, -0.1) is 0 Å². The average molecular weight is 261 g/mol. The summed E-state index contributed by atoms with van der Waals surface area (Å²) >= 11 is 0. The molecule has 0 aromatic heterocycles. The number of anilines is 1. The van der Waals surface area contributed by atoms with Crippen LogP contribution in [0.4, 0.5) is 5.69 Å². The van der Waals surface area contributed by atoms with E-state index in [1.807, 2.05) is 6.92 Å². The number of nitrogen functional groups attached to an aromatic ring is 1. The summed E-state index contributed by atoms with van der Waals surface area (Å²) in [6, 6.07) is 7.07. The summed E-state index contributed by atoms with van der Waals surface area (Å²) in [6.07, 6.45) is 0. The minimum absolute atomic E-state index is 0.126. The fourth-order valence-electron chi connectivity index (χ4n) is 1.78. The summed E-state index contributed by atoms with van der Waals surface area (Å²) in [5.41, 5.74) is 6.72. The molecule has 0 bridgehead atoms. The Morgan fingerprint density at radius 3 is 2.74 bits per heavy atom. The number of amides is 1. The second kappa shape index (κ2) is 6.64. The lowest BCUT2D eigenvalue weighted by atomic mass is 10.1. The number of benzene rings is 1. The van der Waals surface area contributed by atoms with Crippen LogP contribution in [0.15, 0.2) is 18.2 Å². The number of carbonyl (C=O) groups excluding carboxylic acids is 1. The minimum atomic E-state index is -0.195. The van der Waals surface area contributed by atoms with Gasteiger partial charge in [0.25, 0.3) is 5.91 Å². The molecule has 0 heterocycles. The Morgan fingerprint density at radius 1 is 1.58 bits per heavy atom. The molecule has 1 unspecified atom stereocenters. The predicted molar refractivity (Wildman–Crippen MR) is 73.8 cm³/mol. The lowest BCUT2D eigenvalue weighted by Gasteiger charge is -2.22. The van der Waals surface area contributed by atoms with Crippen molar-refractivity contribution in [2.75, 3.05) is 25.9 Å². The van der Waals surface area contributed by atoms with Crippen molar-refractivity contribution in [3.8, 4) is 11.8 Å². The largest absolute Gasteiger partial charge is 0.495 e. The van der Waals surface area contributed by atoms with E-state index in [9.17, 15) is 4.79 Å². The van der Waals surface area contributed by atoms with Crippen molar-refractivity contribution in [2.45, 2.75) is 13.8 Å². The van der Waals surface area contributed by atoms with Gasteiger partial charge in [-0.05, 0) is 32.0 Å². The SMILES string of the molecule is CCN(CC(C)C#N)C(=O)c1ccc(OC)c(N)c1. The van der Waals surface area contributed by atoms with E-state index in [-0.39, 0.29) is 11.8 Å². The molecule has 1 aromatic rings. The quantitative estimate of drug-likeness (QED) is 0.821. The molecule has 0 saturated carbocycles. The lowest BCUT2D eigenvalue weighted by Crippen LogP contribution is -2.34. The van der Waals surface area contributed by atoms with Gasteiger partial charge in [0, 0.05) is 18.7 Å². The van der Waals surface area contributed by atoms with Crippen LogP contribution in [-0.2, 0) is 0 Å². The van der Waals surface area contributed by atoms with E-state index in [2.05, 4.69) is 6.07 Å². The summed E-state index contributed by atoms with van der Waals surface area (Å²) in [5, 5.41) is 8.82. The van der Waals surface area contributed by atoms with Gasteiger partial charge in [0.2, 0.25) is 0 Å². The Morgan fingerprint density at radius 2 is 2.26 bits per heavy atom. The van der Waals surface area contributed by atoms with Gasteiger partial charge in [0.15, 0.2) is 0 Å². The van der Waals surface area contributed by atoms with Crippen molar-refractivity contribution < 1.29 is 9.53 Å². The Balaban J connectivity index is 2.92. The van der Waals surface area contributed by atoms with Crippen LogP contribution in [0.2, 0.25) is 0 Å². The molecular weight excluding hydrogens is 242 g/mol. The van der Waals surface area contributed by atoms with Gasteiger partial charge in [0.1, 0.15) is 5.75 Å². The molecule has 1 amide bonds. The van der Waals surface area contributed by atoms with E-state index >= 15 is 0 Å². The third-order valence-electron chi connectivity index (χ3n) is 2.86. The number of carbonyl (C=O) groups is 1. The van der Waals surface area contributed by atoms with Crippen molar-refractivity contribution in [1.82, 2.24) is 4.90 Å². The van der Waals surface area contributed by atoms with Crippen LogP contribution in [0.25, 0.3) is 0 Å². The number of hydrogen-bond donors (Lipinski definition) is 1. The molecular formula is C14H19N3O2. The number of nitrogens with zero attached hydrogens (tertiary/aromatic N) is 2. The second-order valence-corrected chi connectivity index (χ2v) is 4.33. The number of rotatable bonds is 5. The molecule has 0 radical (unpaired) electrons. The summed E-state index contributed by atoms with van der Waals surface area (Å²) in [6.45, 7) is 4.64. The Hall–Kier alpha value is -2.22. The summed E-state index contributed by atoms with van der Waals surface area (Å²) in [7, 11) is 1.53. The topological polar surface area (TPSA) is 79.3 Å². The van der Waals surface area contributed by atoms with Crippen LogP contribution < -0.4 is 10.5 Å². The smallest absolute Gasteiger partial charge is 0.253 e. The van der Waals surface area contributed by atoms with Crippen molar-refractivity contribution in [3.05, 3.63) is 23.8 Å². The zero-order valence-electron chi connectivity index (χ0n) is 11.5. The van der Waals surface area contributed by atoms with Crippen LogP contribution in [0.5, 0.6) is 5.75 Å². The molecule has 5 heteroatoms. The molecule has 0 spiro atoms.